The molecular weight excluding hydrogens is 519 g/mol. The Hall–Kier alpha value is -1.60. The number of pyridine rings is 1. The van der Waals surface area contributed by atoms with Crippen molar-refractivity contribution < 1.29 is 13.2 Å². The van der Waals surface area contributed by atoms with E-state index < -0.39 is 10.0 Å². The van der Waals surface area contributed by atoms with Gasteiger partial charge < -0.3 is 15.4 Å². The van der Waals surface area contributed by atoms with E-state index in [9.17, 15) is 8.42 Å². The minimum atomic E-state index is -4.09. The molecule has 0 radical (unpaired) electrons. The predicted molar refractivity (Wildman–Crippen MR) is 132 cm³/mol. The average Bonchev–Trinajstić information content (AvgIpc) is 3.39. The van der Waals surface area contributed by atoms with Crippen molar-refractivity contribution in [1.82, 2.24) is 14.6 Å². The van der Waals surface area contributed by atoms with Crippen molar-refractivity contribution in [2.75, 3.05) is 24.6 Å². The lowest BCUT2D eigenvalue weighted by Gasteiger charge is -2.42. The van der Waals surface area contributed by atoms with Crippen molar-refractivity contribution in [3.63, 3.8) is 0 Å². The monoisotopic (exact) mass is 542 g/mol. The summed E-state index contributed by atoms with van der Waals surface area (Å²) in [5, 5.41) is 10.7. The number of benzene rings is 1. The summed E-state index contributed by atoms with van der Waals surface area (Å²) in [6.45, 7) is 4.00. The molecule has 2 aromatic heterocycles. The van der Waals surface area contributed by atoms with Crippen LogP contribution in [0.5, 0.6) is 0 Å². The number of halogens is 2. The minimum absolute atomic E-state index is 0.0252. The number of primary sulfonamides is 1. The molecule has 9 nitrogen and oxygen atoms in total. The molecule has 182 valence electrons. The number of ether oxygens (including phenoxy) is 1. The second kappa shape index (κ2) is 8.81. The Bertz CT molecular complexity index is 1360. The van der Waals surface area contributed by atoms with E-state index in [4.69, 9.17) is 38.8 Å². The van der Waals surface area contributed by atoms with Gasteiger partial charge in [0, 0.05) is 35.5 Å². The van der Waals surface area contributed by atoms with Gasteiger partial charge in [-0.25, -0.2) is 18.5 Å². The summed E-state index contributed by atoms with van der Waals surface area (Å²) in [4.78, 5) is 7.33. The smallest absolute Gasteiger partial charge is 0.239 e. The fourth-order valence-corrected chi connectivity index (χ4v) is 7.30. The Kier molecular flexibility index (Phi) is 6.25. The first-order chi connectivity index (χ1) is 16.1. The highest BCUT2D eigenvalue weighted by Crippen LogP contribution is 2.44. The summed E-state index contributed by atoms with van der Waals surface area (Å²) in [6.07, 6.45) is 3.07. The van der Waals surface area contributed by atoms with Crippen LogP contribution in [0, 0.1) is 5.41 Å². The molecule has 1 spiro atoms. The zero-order chi connectivity index (χ0) is 24.3. The number of fused-ring (bicyclic) bond motifs is 1. The molecule has 1 aromatic carbocycles. The van der Waals surface area contributed by atoms with Crippen LogP contribution in [-0.4, -0.2) is 54.9 Å². The van der Waals surface area contributed by atoms with Gasteiger partial charge in [-0.05, 0) is 31.9 Å². The molecule has 34 heavy (non-hydrogen) atoms. The first-order valence-electron chi connectivity index (χ1n) is 10.7. The number of hydrogen-bond donors (Lipinski definition) is 2. The lowest BCUT2D eigenvalue weighted by molar-refractivity contribution is 0.0974. The normalized spacial score (nSPS) is 22.7. The molecule has 2 atom stereocenters. The fourth-order valence-electron chi connectivity index (χ4n) is 4.78. The summed E-state index contributed by atoms with van der Waals surface area (Å²) in [7, 11) is -4.09. The number of nitrogens with zero attached hydrogens (tertiary/aromatic N) is 4. The van der Waals surface area contributed by atoms with Gasteiger partial charge in [0.15, 0.2) is 5.65 Å². The molecule has 2 unspecified atom stereocenters. The Morgan fingerprint density at radius 1 is 1.26 bits per heavy atom. The van der Waals surface area contributed by atoms with Crippen molar-refractivity contribution in [3.8, 4) is 0 Å². The summed E-state index contributed by atoms with van der Waals surface area (Å²) < 4.78 is 32.8. The van der Waals surface area contributed by atoms with Crippen molar-refractivity contribution in [1.29, 1.82) is 0 Å². The molecule has 0 amide bonds. The van der Waals surface area contributed by atoms with Crippen molar-refractivity contribution in [3.05, 3.63) is 40.6 Å². The van der Waals surface area contributed by atoms with Gasteiger partial charge in [-0.1, -0.05) is 41.0 Å². The summed E-state index contributed by atoms with van der Waals surface area (Å²) in [6, 6.07) is 6.69. The van der Waals surface area contributed by atoms with Crippen LogP contribution in [-0.2, 0) is 14.8 Å². The van der Waals surface area contributed by atoms with E-state index in [2.05, 4.69) is 15.0 Å². The third kappa shape index (κ3) is 4.06. The van der Waals surface area contributed by atoms with Crippen LogP contribution in [0.25, 0.3) is 5.65 Å². The summed E-state index contributed by atoms with van der Waals surface area (Å²) in [5.41, 5.74) is 6.76. The SMILES string of the molecule is CC1OCC2(CCN(c3cc(S(N)(=O)=O)c(Sc4cccc(Cl)c4Cl)c4ncnn34)CC2)C1N. The quantitative estimate of drug-likeness (QED) is 0.514. The number of sulfonamides is 1. The lowest BCUT2D eigenvalue weighted by Crippen LogP contribution is -2.51. The highest BCUT2D eigenvalue weighted by molar-refractivity contribution is 8.00. The van der Waals surface area contributed by atoms with Crippen LogP contribution in [0.1, 0.15) is 19.8 Å². The second-order valence-corrected chi connectivity index (χ2v) is 12.1. The standard InChI is InChI=1S/C21H24Cl2N6O3S2/c1-12-19(24)21(10-32-12)5-7-28(8-6-21)16-9-15(34(25,30)31)18(20-26-11-27-29(16)20)33-14-4-2-3-13(22)17(14)23/h2-4,9,11-12,19H,5-8,10,24H2,1H3,(H2,25,30,31). The van der Waals surface area contributed by atoms with Gasteiger partial charge in [-0.15, -0.1) is 0 Å². The number of piperidine rings is 1. The lowest BCUT2D eigenvalue weighted by atomic mass is 9.73. The van der Waals surface area contributed by atoms with Crippen LogP contribution in [0.3, 0.4) is 0 Å². The van der Waals surface area contributed by atoms with Gasteiger partial charge in [0.05, 0.1) is 27.7 Å². The molecule has 2 saturated heterocycles. The van der Waals surface area contributed by atoms with Crippen LogP contribution in [0.4, 0.5) is 5.82 Å². The molecule has 3 aromatic rings. The van der Waals surface area contributed by atoms with Gasteiger partial charge in [-0.3, -0.25) is 0 Å². The Labute approximate surface area is 211 Å². The van der Waals surface area contributed by atoms with Gasteiger partial charge in [-0.2, -0.15) is 9.61 Å². The van der Waals surface area contributed by atoms with Crippen molar-refractivity contribution in [2.45, 2.75) is 46.6 Å². The van der Waals surface area contributed by atoms with Gasteiger partial charge in [0.25, 0.3) is 0 Å². The topological polar surface area (TPSA) is 129 Å². The maximum Gasteiger partial charge on any atom is 0.239 e. The van der Waals surface area contributed by atoms with E-state index in [1.54, 1.807) is 28.8 Å². The van der Waals surface area contributed by atoms with Crippen LogP contribution >= 0.6 is 35.0 Å². The number of nitrogens with two attached hydrogens (primary N) is 2. The number of rotatable bonds is 4. The van der Waals surface area contributed by atoms with Gasteiger partial charge in [0.1, 0.15) is 17.0 Å². The zero-order valence-electron chi connectivity index (χ0n) is 18.3. The zero-order valence-corrected chi connectivity index (χ0v) is 21.5. The highest BCUT2D eigenvalue weighted by Gasteiger charge is 2.47. The third-order valence-corrected chi connectivity index (χ3v) is 9.98. The number of aromatic nitrogens is 3. The molecule has 2 aliphatic rings. The van der Waals surface area contributed by atoms with E-state index in [0.717, 1.165) is 24.6 Å². The number of hydrogen-bond acceptors (Lipinski definition) is 8. The molecule has 2 aliphatic heterocycles. The molecule has 0 bridgehead atoms. The average molecular weight is 544 g/mol. The van der Waals surface area contributed by atoms with E-state index in [-0.39, 0.29) is 22.5 Å². The predicted octanol–water partition coefficient (Wildman–Crippen LogP) is 3.17. The van der Waals surface area contributed by atoms with Crippen molar-refractivity contribution >= 4 is 56.5 Å². The van der Waals surface area contributed by atoms with Gasteiger partial charge in [0.2, 0.25) is 10.0 Å². The molecule has 2 fully saturated rings. The Morgan fingerprint density at radius 2 is 2.00 bits per heavy atom. The van der Waals surface area contributed by atoms with E-state index in [1.165, 1.54) is 6.33 Å². The Balaban J connectivity index is 1.56. The largest absolute Gasteiger partial charge is 0.376 e. The molecule has 0 saturated carbocycles. The minimum Gasteiger partial charge on any atom is -0.376 e. The molecule has 4 N–H and O–H groups in total. The third-order valence-electron chi connectivity index (χ3n) is 6.82. The van der Waals surface area contributed by atoms with E-state index in [0.29, 0.717) is 51.0 Å². The first-order valence-corrected chi connectivity index (χ1v) is 13.9. The van der Waals surface area contributed by atoms with Crippen LogP contribution < -0.4 is 15.8 Å². The first kappa shape index (κ1) is 24.1. The van der Waals surface area contributed by atoms with E-state index >= 15 is 0 Å². The molecule has 4 heterocycles. The second-order valence-electron chi connectivity index (χ2n) is 8.78. The molecule has 5 rings (SSSR count). The van der Waals surface area contributed by atoms with Crippen LogP contribution in [0.2, 0.25) is 10.0 Å². The Morgan fingerprint density at radius 3 is 2.65 bits per heavy atom. The van der Waals surface area contributed by atoms with Gasteiger partial charge >= 0.3 is 0 Å². The fraction of sp³-hybridized carbons (Fsp3) is 0.429. The van der Waals surface area contributed by atoms with Crippen LogP contribution in [0.15, 0.2) is 45.3 Å². The maximum absolute atomic E-state index is 12.7. The number of anilines is 1. The van der Waals surface area contributed by atoms with E-state index in [1.807, 2.05) is 6.92 Å². The summed E-state index contributed by atoms with van der Waals surface area (Å²) in [5.74, 6) is 0.605. The maximum atomic E-state index is 12.7. The van der Waals surface area contributed by atoms with Crippen molar-refractivity contribution in [2.24, 2.45) is 16.3 Å². The summed E-state index contributed by atoms with van der Waals surface area (Å²) >= 11 is 13.7. The highest BCUT2D eigenvalue weighted by atomic mass is 35.5. The molecular formula is C21H24Cl2N6O3S2. The molecule has 13 heteroatoms. The molecule has 0 aliphatic carbocycles.